The maximum atomic E-state index is 4.26. The molecule has 0 aliphatic heterocycles. The van der Waals surface area contributed by atoms with Crippen molar-refractivity contribution in [2.75, 3.05) is 6.54 Å². The average Bonchev–Trinajstić information content (AvgIpc) is 2.46. The summed E-state index contributed by atoms with van der Waals surface area (Å²) in [5, 5.41) is 12.0. The number of nitrogens with zero attached hydrogens (tertiary/aromatic N) is 2. The van der Waals surface area contributed by atoms with Gasteiger partial charge < -0.3 is 5.32 Å². The van der Waals surface area contributed by atoms with Crippen LogP contribution in [0.3, 0.4) is 0 Å². The molecule has 2 rings (SSSR count). The second kappa shape index (κ2) is 7.00. The molecule has 0 bridgehead atoms. The van der Waals surface area contributed by atoms with Gasteiger partial charge in [0.15, 0.2) is 0 Å². The molecule has 2 aromatic rings. The summed E-state index contributed by atoms with van der Waals surface area (Å²) >= 11 is 0. The minimum atomic E-state index is 0.304. The smallest absolute Gasteiger partial charge is 0.0650 e. The molecule has 0 radical (unpaired) electrons. The number of benzene rings is 1. The van der Waals surface area contributed by atoms with Gasteiger partial charge in [-0.1, -0.05) is 37.3 Å². The minimum Gasteiger partial charge on any atom is -0.310 e. The summed E-state index contributed by atoms with van der Waals surface area (Å²) in [4.78, 5) is 0. The molecule has 1 atom stereocenters. The molecule has 1 aromatic heterocycles. The third-order valence-corrected chi connectivity index (χ3v) is 3.11. The van der Waals surface area contributed by atoms with Gasteiger partial charge in [-0.2, -0.15) is 10.2 Å². The van der Waals surface area contributed by atoms with Crippen LogP contribution >= 0.6 is 0 Å². The fourth-order valence-corrected chi connectivity index (χ4v) is 2.06. The first kappa shape index (κ1) is 13.7. The molecule has 0 amide bonds. The van der Waals surface area contributed by atoms with E-state index in [-0.39, 0.29) is 0 Å². The quantitative estimate of drug-likeness (QED) is 0.862. The zero-order chi connectivity index (χ0) is 13.5. The molecule has 0 fully saturated rings. The van der Waals surface area contributed by atoms with E-state index in [1.54, 1.807) is 0 Å². The van der Waals surface area contributed by atoms with Crippen LogP contribution < -0.4 is 5.32 Å². The van der Waals surface area contributed by atoms with Crippen molar-refractivity contribution in [3.63, 3.8) is 0 Å². The van der Waals surface area contributed by atoms with E-state index < -0.39 is 0 Å². The lowest BCUT2D eigenvalue weighted by Gasteiger charge is -2.18. The van der Waals surface area contributed by atoms with Gasteiger partial charge >= 0.3 is 0 Å². The summed E-state index contributed by atoms with van der Waals surface area (Å²) in [6, 6.07) is 14.9. The Morgan fingerprint density at radius 2 is 1.84 bits per heavy atom. The molecule has 0 saturated carbocycles. The Bertz CT molecular complexity index is 479. The first-order valence-electron chi connectivity index (χ1n) is 6.87. The lowest BCUT2D eigenvalue weighted by molar-refractivity contribution is 0.522. The highest BCUT2D eigenvalue weighted by atomic mass is 15.1. The van der Waals surface area contributed by atoms with Crippen LogP contribution in [0, 0.1) is 6.92 Å². The summed E-state index contributed by atoms with van der Waals surface area (Å²) in [6.07, 6.45) is 2.00. The van der Waals surface area contributed by atoms with Crippen molar-refractivity contribution in [3.05, 3.63) is 59.4 Å². The summed E-state index contributed by atoms with van der Waals surface area (Å²) in [5.74, 6) is 0. The molecule has 1 unspecified atom stereocenters. The normalized spacial score (nSPS) is 12.3. The van der Waals surface area contributed by atoms with Gasteiger partial charge in [0.1, 0.15) is 0 Å². The summed E-state index contributed by atoms with van der Waals surface area (Å²) in [6.45, 7) is 5.15. The predicted molar refractivity (Wildman–Crippen MR) is 77.9 cm³/mol. The van der Waals surface area contributed by atoms with E-state index in [1.807, 2.05) is 19.1 Å². The Kier molecular flexibility index (Phi) is 5.04. The van der Waals surface area contributed by atoms with Crippen molar-refractivity contribution in [3.8, 4) is 0 Å². The van der Waals surface area contributed by atoms with E-state index in [0.29, 0.717) is 6.04 Å². The van der Waals surface area contributed by atoms with Crippen molar-refractivity contribution in [2.24, 2.45) is 0 Å². The number of rotatable bonds is 6. The summed E-state index contributed by atoms with van der Waals surface area (Å²) in [7, 11) is 0. The molecular weight excluding hydrogens is 234 g/mol. The molecule has 1 heterocycles. The number of aromatic nitrogens is 2. The Balaban J connectivity index is 2.11. The lowest BCUT2D eigenvalue weighted by Crippen LogP contribution is -2.24. The van der Waals surface area contributed by atoms with Gasteiger partial charge in [-0.3, -0.25) is 0 Å². The number of nitrogens with one attached hydrogen (secondary N) is 1. The second-order valence-electron chi connectivity index (χ2n) is 4.79. The Hall–Kier alpha value is -1.74. The van der Waals surface area contributed by atoms with Crippen molar-refractivity contribution in [1.29, 1.82) is 0 Å². The standard InChI is InChI=1S/C16H21N3/c1-3-11-17-16(14-7-5-4-6-8-14)12-15-10-9-13(2)18-19-15/h4-10,16-17H,3,11-12H2,1-2H3. The van der Waals surface area contributed by atoms with E-state index in [4.69, 9.17) is 0 Å². The molecule has 3 nitrogen and oxygen atoms in total. The van der Waals surface area contributed by atoms with Crippen molar-refractivity contribution in [2.45, 2.75) is 32.7 Å². The average molecular weight is 255 g/mol. The molecule has 0 aliphatic rings. The number of hydrogen-bond acceptors (Lipinski definition) is 3. The van der Waals surface area contributed by atoms with Crippen LogP contribution in [0.25, 0.3) is 0 Å². The van der Waals surface area contributed by atoms with Gasteiger partial charge in [0.25, 0.3) is 0 Å². The van der Waals surface area contributed by atoms with Crippen molar-refractivity contribution < 1.29 is 0 Å². The molecule has 100 valence electrons. The van der Waals surface area contributed by atoms with Crippen LogP contribution in [0.5, 0.6) is 0 Å². The van der Waals surface area contributed by atoms with E-state index >= 15 is 0 Å². The highest BCUT2D eigenvalue weighted by Crippen LogP contribution is 2.17. The Morgan fingerprint density at radius 3 is 2.47 bits per heavy atom. The van der Waals surface area contributed by atoms with E-state index in [1.165, 1.54) is 5.56 Å². The molecule has 0 saturated heterocycles. The monoisotopic (exact) mass is 255 g/mol. The minimum absolute atomic E-state index is 0.304. The van der Waals surface area contributed by atoms with Gasteiger partial charge in [-0.05, 0) is 37.6 Å². The lowest BCUT2D eigenvalue weighted by atomic mass is 10.0. The van der Waals surface area contributed by atoms with Crippen LogP contribution in [0.1, 0.15) is 36.3 Å². The van der Waals surface area contributed by atoms with Gasteiger partial charge in [0.05, 0.1) is 11.4 Å². The van der Waals surface area contributed by atoms with Gasteiger partial charge in [-0.25, -0.2) is 0 Å². The molecule has 3 heteroatoms. The van der Waals surface area contributed by atoms with Crippen LogP contribution in [0.15, 0.2) is 42.5 Å². The van der Waals surface area contributed by atoms with Gasteiger partial charge in [-0.15, -0.1) is 0 Å². The Labute approximate surface area is 115 Å². The summed E-state index contributed by atoms with van der Waals surface area (Å²) in [5.41, 5.74) is 3.29. The van der Waals surface area contributed by atoms with Crippen molar-refractivity contribution >= 4 is 0 Å². The predicted octanol–water partition coefficient (Wildman–Crippen LogP) is 3.07. The molecule has 19 heavy (non-hydrogen) atoms. The first-order valence-corrected chi connectivity index (χ1v) is 6.87. The highest BCUT2D eigenvalue weighted by molar-refractivity contribution is 5.21. The molecule has 1 aromatic carbocycles. The fraction of sp³-hybridized carbons (Fsp3) is 0.375. The maximum absolute atomic E-state index is 4.26. The Morgan fingerprint density at radius 1 is 1.05 bits per heavy atom. The van der Waals surface area contributed by atoms with E-state index in [9.17, 15) is 0 Å². The van der Waals surface area contributed by atoms with Crippen LogP contribution in [0.2, 0.25) is 0 Å². The number of hydrogen-bond donors (Lipinski definition) is 1. The zero-order valence-corrected chi connectivity index (χ0v) is 11.6. The largest absolute Gasteiger partial charge is 0.310 e. The molecule has 0 spiro atoms. The third-order valence-electron chi connectivity index (χ3n) is 3.11. The van der Waals surface area contributed by atoms with Crippen molar-refractivity contribution in [1.82, 2.24) is 15.5 Å². The van der Waals surface area contributed by atoms with E-state index in [2.05, 4.69) is 52.8 Å². The van der Waals surface area contributed by atoms with Gasteiger partial charge in [0, 0.05) is 12.5 Å². The van der Waals surface area contributed by atoms with Gasteiger partial charge in [0.2, 0.25) is 0 Å². The molecule has 1 N–H and O–H groups in total. The highest BCUT2D eigenvalue weighted by Gasteiger charge is 2.12. The second-order valence-corrected chi connectivity index (χ2v) is 4.79. The summed E-state index contributed by atoms with van der Waals surface area (Å²) < 4.78 is 0. The van der Waals surface area contributed by atoms with Crippen LogP contribution in [-0.4, -0.2) is 16.7 Å². The molecule has 0 aliphatic carbocycles. The van der Waals surface area contributed by atoms with Crippen LogP contribution in [-0.2, 0) is 6.42 Å². The fourth-order valence-electron chi connectivity index (χ4n) is 2.06. The maximum Gasteiger partial charge on any atom is 0.0650 e. The topological polar surface area (TPSA) is 37.8 Å². The first-order chi connectivity index (χ1) is 9.29. The zero-order valence-electron chi connectivity index (χ0n) is 11.6. The van der Waals surface area contributed by atoms with Crippen LogP contribution in [0.4, 0.5) is 0 Å². The van der Waals surface area contributed by atoms with E-state index in [0.717, 1.165) is 30.8 Å². The SMILES string of the molecule is CCCNC(Cc1ccc(C)nn1)c1ccccc1. The third kappa shape index (κ3) is 4.14. The molecular formula is C16H21N3. The number of aryl methyl sites for hydroxylation is 1.